The number of rotatable bonds is 2. The molecule has 0 spiro atoms. The standard InChI is InChI=1S/C11H14N2O3/c1-5-6-10-7(2)12(8(3)14)13(9(4)15)11(10)16/h5H,1,6H2,2-4H3. The molecule has 0 saturated heterocycles. The molecule has 0 aliphatic heterocycles. The van der Waals surface area contributed by atoms with Crippen molar-refractivity contribution in [1.82, 2.24) is 9.36 Å². The summed E-state index contributed by atoms with van der Waals surface area (Å²) in [5.74, 6) is -0.835. The van der Waals surface area contributed by atoms with Crippen LogP contribution in [0.15, 0.2) is 17.4 Å². The first-order valence-electron chi connectivity index (χ1n) is 4.88. The van der Waals surface area contributed by atoms with Gasteiger partial charge in [-0.15, -0.1) is 6.58 Å². The molecule has 0 aliphatic carbocycles. The molecule has 0 radical (unpaired) electrons. The monoisotopic (exact) mass is 222 g/mol. The van der Waals surface area contributed by atoms with Gasteiger partial charge in [0.05, 0.1) is 5.69 Å². The maximum Gasteiger partial charge on any atom is 0.278 e. The van der Waals surface area contributed by atoms with E-state index >= 15 is 0 Å². The Morgan fingerprint density at radius 2 is 1.75 bits per heavy atom. The zero-order valence-corrected chi connectivity index (χ0v) is 9.61. The second kappa shape index (κ2) is 4.30. The van der Waals surface area contributed by atoms with Crippen LogP contribution >= 0.6 is 0 Å². The minimum absolute atomic E-state index is 0.345. The minimum Gasteiger partial charge on any atom is -0.273 e. The molecule has 1 aromatic heterocycles. The van der Waals surface area contributed by atoms with Crippen molar-refractivity contribution in [3.8, 4) is 0 Å². The Bertz CT molecular complexity index is 520. The van der Waals surface area contributed by atoms with Crippen LogP contribution in [0.1, 0.15) is 34.7 Å². The Hall–Kier alpha value is -1.91. The van der Waals surface area contributed by atoms with Crippen molar-refractivity contribution in [2.45, 2.75) is 27.2 Å². The largest absolute Gasteiger partial charge is 0.278 e. The maximum atomic E-state index is 11.9. The Labute approximate surface area is 93.0 Å². The first kappa shape index (κ1) is 12.2. The highest BCUT2D eigenvalue weighted by Gasteiger charge is 2.20. The van der Waals surface area contributed by atoms with Gasteiger partial charge in [-0.25, -0.2) is 4.68 Å². The SMILES string of the molecule is C=CCc1c(C)n(C(C)=O)n(C(C)=O)c1=O. The smallest absolute Gasteiger partial charge is 0.273 e. The molecule has 0 aliphatic rings. The summed E-state index contributed by atoms with van der Waals surface area (Å²) in [5.41, 5.74) is 0.480. The van der Waals surface area contributed by atoms with Gasteiger partial charge in [0, 0.05) is 19.4 Å². The summed E-state index contributed by atoms with van der Waals surface area (Å²) in [5, 5.41) is 0. The molecule has 0 amide bonds. The second-order valence-corrected chi connectivity index (χ2v) is 3.52. The quantitative estimate of drug-likeness (QED) is 0.701. The lowest BCUT2D eigenvalue weighted by Gasteiger charge is -2.05. The van der Waals surface area contributed by atoms with E-state index in [4.69, 9.17) is 0 Å². The Morgan fingerprint density at radius 1 is 1.25 bits per heavy atom. The zero-order chi connectivity index (χ0) is 12.5. The normalized spacial score (nSPS) is 10.2. The van der Waals surface area contributed by atoms with E-state index in [1.165, 1.54) is 13.8 Å². The fourth-order valence-electron chi connectivity index (χ4n) is 1.69. The van der Waals surface area contributed by atoms with Gasteiger partial charge >= 0.3 is 0 Å². The predicted molar refractivity (Wildman–Crippen MR) is 59.9 cm³/mol. The van der Waals surface area contributed by atoms with Crippen molar-refractivity contribution in [1.29, 1.82) is 0 Å². The van der Waals surface area contributed by atoms with Gasteiger partial charge < -0.3 is 0 Å². The van der Waals surface area contributed by atoms with Crippen LogP contribution in [0.2, 0.25) is 0 Å². The number of allylic oxidation sites excluding steroid dienone is 1. The number of hydrogen-bond donors (Lipinski definition) is 0. The topological polar surface area (TPSA) is 61.1 Å². The third-order valence-corrected chi connectivity index (χ3v) is 2.35. The van der Waals surface area contributed by atoms with Crippen molar-refractivity contribution in [3.63, 3.8) is 0 Å². The molecule has 0 atom stereocenters. The Morgan fingerprint density at radius 3 is 2.06 bits per heavy atom. The number of carbonyl (C=O) groups excluding carboxylic acids is 2. The lowest BCUT2D eigenvalue weighted by atomic mass is 10.2. The molecule has 16 heavy (non-hydrogen) atoms. The first-order valence-corrected chi connectivity index (χ1v) is 4.88. The van der Waals surface area contributed by atoms with E-state index in [0.717, 1.165) is 9.36 Å². The van der Waals surface area contributed by atoms with E-state index in [2.05, 4.69) is 6.58 Å². The average molecular weight is 222 g/mol. The van der Waals surface area contributed by atoms with E-state index in [0.29, 0.717) is 17.7 Å². The summed E-state index contributed by atoms with van der Waals surface area (Å²) < 4.78 is 1.96. The molecule has 1 rings (SSSR count). The molecule has 0 bridgehead atoms. The molecule has 86 valence electrons. The fourth-order valence-corrected chi connectivity index (χ4v) is 1.69. The summed E-state index contributed by atoms with van der Waals surface area (Å²) in [6.07, 6.45) is 1.91. The summed E-state index contributed by atoms with van der Waals surface area (Å²) in [6.45, 7) is 7.74. The number of aromatic nitrogens is 2. The van der Waals surface area contributed by atoms with E-state index in [1.54, 1.807) is 13.0 Å². The Kier molecular flexibility index (Phi) is 3.27. The highest BCUT2D eigenvalue weighted by atomic mass is 16.2. The molecule has 0 unspecified atom stereocenters. The molecule has 1 heterocycles. The van der Waals surface area contributed by atoms with E-state index in [-0.39, 0.29) is 5.91 Å². The summed E-state index contributed by atoms with van der Waals surface area (Å²) in [6, 6.07) is 0. The van der Waals surface area contributed by atoms with Crippen molar-refractivity contribution >= 4 is 11.8 Å². The molecule has 0 aromatic carbocycles. The number of carbonyl (C=O) groups is 2. The van der Waals surface area contributed by atoms with Crippen LogP contribution in [0.25, 0.3) is 0 Å². The minimum atomic E-state index is -0.474. The molecule has 1 aromatic rings. The van der Waals surface area contributed by atoms with Crippen LogP contribution in [-0.4, -0.2) is 21.2 Å². The van der Waals surface area contributed by atoms with E-state index < -0.39 is 11.5 Å². The fraction of sp³-hybridized carbons (Fsp3) is 0.364. The molecular formula is C11H14N2O3. The first-order chi connectivity index (χ1) is 7.41. The van der Waals surface area contributed by atoms with Crippen molar-refractivity contribution in [2.24, 2.45) is 0 Å². The van der Waals surface area contributed by atoms with Gasteiger partial charge in [-0.1, -0.05) is 6.08 Å². The van der Waals surface area contributed by atoms with Gasteiger partial charge in [-0.05, 0) is 13.3 Å². The highest BCUT2D eigenvalue weighted by Crippen LogP contribution is 2.06. The number of hydrogen-bond acceptors (Lipinski definition) is 3. The molecule has 0 fully saturated rings. The van der Waals surface area contributed by atoms with Crippen LogP contribution in [0, 0.1) is 6.92 Å². The predicted octanol–water partition coefficient (Wildman–Crippen LogP) is 1.01. The molecule has 0 N–H and O–H groups in total. The van der Waals surface area contributed by atoms with Crippen LogP contribution in [0.5, 0.6) is 0 Å². The van der Waals surface area contributed by atoms with E-state index in [9.17, 15) is 14.4 Å². The van der Waals surface area contributed by atoms with Gasteiger partial charge in [-0.2, -0.15) is 4.68 Å². The highest BCUT2D eigenvalue weighted by molar-refractivity contribution is 5.82. The van der Waals surface area contributed by atoms with Crippen LogP contribution in [0.4, 0.5) is 0 Å². The van der Waals surface area contributed by atoms with Gasteiger partial charge in [0.15, 0.2) is 0 Å². The third-order valence-electron chi connectivity index (χ3n) is 2.35. The summed E-state index contributed by atoms with van der Waals surface area (Å²) in [7, 11) is 0. The zero-order valence-electron chi connectivity index (χ0n) is 9.61. The van der Waals surface area contributed by atoms with Gasteiger partial charge in [0.2, 0.25) is 11.8 Å². The van der Waals surface area contributed by atoms with Crippen LogP contribution in [0.3, 0.4) is 0 Å². The Balaban J connectivity index is 3.66. The molecule has 5 heteroatoms. The molecular weight excluding hydrogens is 208 g/mol. The molecule has 0 saturated carbocycles. The van der Waals surface area contributed by atoms with E-state index in [1.807, 2.05) is 0 Å². The average Bonchev–Trinajstić information content (AvgIpc) is 2.42. The second-order valence-electron chi connectivity index (χ2n) is 3.52. The number of nitrogens with zero attached hydrogens (tertiary/aromatic N) is 2. The van der Waals surface area contributed by atoms with Crippen LogP contribution in [-0.2, 0) is 6.42 Å². The maximum absolute atomic E-state index is 11.9. The van der Waals surface area contributed by atoms with Crippen molar-refractivity contribution in [2.75, 3.05) is 0 Å². The summed E-state index contributed by atoms with van der Waals surface area (Å²) in [4.78, 5) is 34.6. The van der Waals surface area contributed by atoms with Gasteiger partial charge in [0.1, 0.15) is 0 Å². The third kappa shape index (κ3) is 1.76. The summed E-state index contributed by atoms with van der Waals surface area (Å²) >= 11 is 0. The van der Waals surface area contributed by atoms with Gasteiger partial charge in [-0.3, -0.25) is 14.4 Å². The molecule has 5 nitrogen and oxygen atoms in total. The lowest BCUT2D eigenvalue weighted by Crippen LogP contribution is -2.31. The van der Waals surface area contributed by atoms with Gasteiger partial charge in [0.25, 0.3) is 5.56 Å². The van der Waals surface area contributed by atoms with Crippen molar-refractivity contribution in [3.05, 3.63) is 34.3 Å². The van der Waals surface area contributed by atoms with Crippen LogP contribution < -0.4 is 5.56 Å². The van der Waals surface area contributed by atoms with Crippen molar-refractivity contribution < 1.29 is 9.59 Å². The lowest BCUT2D eigenvalue weighted by molar-refractivity contribution is 0.0815.